The molecule has 1 aliphatic rings. The van der Waals surface area contributed by atoms with Gasteiger partial charge in [-0.1, -0.05) is 30.3 Å². The van der Waals surface area contributed by atoms with Gasteiger partial charge in [0.05, 0.1) is 26.7 Å². The van der Waals surface area contributed by atoms with Gasteiger partial charge in [0.2, 0.25) is 23.0 Å². The normalized spacial score (nSPS) is 14.4. The van der Waals surface area contributed by atoms with E-state index in [1.165, 1.54) is 30.3 Å². The second-order valence-corrected chi connectivity index (χ2v) is 16.9. The Balaban J connectivity index is 1.46. The first-order chi connectivity index (χ1) is 25.1. The lowest BCUT2D eigenvalue weighted by Crippen LogP contribution is -2.28. The van der Waals surface area contributed by atoms with Crippen LogP contribution < -0.4 is 16.1 Å². The molecule has 1 aliphatic carbocycles. The highest BCUT2D eigenvalue weighted by Gasteiger charge is 2.36. The molecule has 280 valence electrons. The monoisotopic (exact) mass is 837 g/mol. The summed E-state index contributed by atoms with van der Waals surface area (Å²) >= 11 is 6.07. The molecule has 6 rings (SSSR count). The number of aromatic nitrogens is 3. The van der Waals surface area contributed by atoms with Gasteiger partial charge in [-0.05, 0) is 71.1 Å². The highest BCUT2D eigenvalue weighted by molar-refractivity contribution is 7.91. The lowest BCUT2D eigenvalue weighted by atomic mass is 9.93. The number of anilines is 5. The summed E-state index contributed by atoms with van der Waals surface area (Å²) in [7, 11) is -19.9. The Morgan fingerprint density at radius 1 is 0.648 bits per heavy atom. The molecule has 0 radical (unpaired) electrons. The first-order valence-corrected chi connectivity index (χ1v) is 20.5. The van der Waals surface area contributed by atoms with E-state index in [9.17, 15) is 56.7 Å². The number of hydrogen-bond acceptors (Lipinski definition) is 16. The molecule has 7 N–H and O–H groups in total. The third-order valence-corrected chi connectivity index (χ3v) is 11.1. The average molecular weight is 838 g/mol. The standard InChI is InChI=1S/C29H20ClN7O13S4/c30-27-33-28(31-16-6-8-17(9-7-16)51(39,40)41)35-29(34-27)32-21-13-18(52(42,43)44)11-15-12-22(53(45,46)47)24(25(38)23(15)21)37-36-20-10-5-14-3-1-2-4-19(14)26(20)54(48,49)50/h1-13,36H,(H,39,40,41)(H,42,43,44)(H,45,46,47)(H,48,49,50)(H2,31,32,33,34,35). The van der Waals surface area contributed by atoms with Gasteiger partial charge in [-0.2, -0.15) is 53.7 Å². The lowest BCUT2D eigenvalue weighted by Gasteiger charge is -2.21. The Kier molecular flexibility index (Phi) is 9.76. The summed E-state index contributed by atoms with van der Waals surface area (Å²) in [6, 6.07) is 14.6. The Morgan fingerprint density at radius 2 is 1.28 bits per heavy atom. The SMILES string of the molecule is O=C1C(=NNc2ccc3ccccc3c2S(=O)(=O)O)C(S(=O)(=O)O)=Cc2cc(S(=O)(=O)O)cc(Nc3nc(Cl)nc(Nc4ccc(S(=O)(=O)O)cc4)n3)c21. The number of fused-ring (bicyclic) bond motifs is 2. The number of nitrogens with zero attached hydrogens (tertiary/aromatic N) is 4. The van der Waals surface area contributed by atoms with E-state index in [1.54, 1.807) is 12.1 Å². The summed E-state index contributed by atoms with van der Waals surface area (Å²) in [5, 5.41) is 8.95. The molecule has 4 aromatic carbocycles. The predicted octanol–water partition coefficient (Wildman–Crippen LogP) is 3.80. The molecule has 0 saturated heterocycles. The smallest absolute Gasteiger partial charge is 0.297 e. The Hall–Kier alpha value is -5.44. The Bertz CT molecular complexity index is 2940. The molecule has 0 amide bonds. The maximum Gasteiger partial charge on any atom is 0.297 e. The fourth-order valence-corrected chi connectivity index (χ4v) is 7.84. The number of halogens is 1. The third-order valence-electron chi connectivity index (χ3n) is 7.37. The van der Waals surface area contributed by atoms with E-state index in [1.807, 2.05) is 0 Å². The molecular weight excluding hydrogens is 818 g/mol. The van der Waals surface area contributed by atoms with E-state index < -0.39 is 105 Å². The summed E-state index contributed by atoms with van der Waals surface area (Å²) in [5.74, 6) is -2.05. The van der Waals surface area contributed by atoms with E-state index in [0.29, 0.717) is 17.5 Å². The van der Waals surface area contributed by atoms with Crippen LogP contribution in [0.2, 0.25) is 5.28 Å². The van der Waals surface area contributed by atoms with Gasteiger partial charge < -0.3 is 10.6 Å². The number of benzene rings is 4. The van der Waals surface area contributed by atoms with Crippen LogP contribution in [-0.2, 0) is 40.5 Å². The van der Waals surface area contributed by atoms with Crippen LogP contribution in [-0.4, -0.2) is 78.3 Å². The molecule has 20 nitrogen and oxygen atoms in total. The van der Waals surface area contributed by atoms with Crippen LogP contribution in [0.25, 0.3) is 16.8 Å². The second kappa shape index (κ2) is 13.8. The molecular formula is C29H20ClN7O13S4. The quantitative estimate of drug-likeness (QED) is 0.0777. The van der Waals surface area contributed by atoms with Gasteiger partial charge in [-0.25, -0.2) is 0 Å². The van der Waals surface area contributed by atoms with Gasteiger partial charge in [-0.15, -0.1) is 0 Å². The van der Waals surface area contributed by atoms with Gasteiger partial charge in [-0.3, -0.25) is 28.4 Å². The van der Waals surface area contributed by atoms with Crippen LogP contribution in [0.3, 0.4) is 0 Å². The van der Waals surface area contributed by atoms with Crippen molar-refractivity contribution in [2.45, 2.75) is 14.7 Å². The molecule has 25 heteroatoms. The molecule has 5 aromatic rings. The van der Waals surface area contributed by atoms with Crippen LogP contribution in [0, 0.1) is 0 Å². The predicted molar refractivity (Wildman–Crippen MR) is 193 cm³/mol. The summed E-state index contributed by atoms with van der Waals surface area (Å²) in [6.07, 6.45) is 0.653. The molecule has 1 aromatic heterocycles. The lowest BCUT2D eigenvalue weighted by molar-refractivity contribution is 0.106. The fraction of sp³-hybridized carbons (Fsp3) is 0. The van der Waals surface area contributed by atoms with Gasteiger partial charge >= 0.3 is 0 Å². The summed E-state index contributed by atoms with van der Waals surface area (Å²) in [6.45, 7) is 0. The van der Waals surface area contributed by atoms with E-state index in [-0.39, 0.29) is 17.0 Å². The molecule has 54 heavy (non-hydrogen) atoms. The second-order valence-electron chi connectivity index (χ2n) is 10.9. The highest BCUT2D eigenvalue weighted by Crippen LogP contribution is 2.36. The number of Topliss-reactive ketones (excluding diaryl/α,β-unsaturated/α-hetero) is 1. The average Bonchev–Trinajstić information content (AvgIpc) is 3.05. The first kappa shape index (κ1) is 38.3. The van der Waals surface area contributed by atoms with Crippen LogP contribution in [0.1, 0.15) is 15.9 Å². The zero-order chi connectivity index (χ0) is 39.4. The van der Waals surface area contributed by atoms with Crippen molar-refractivity contribution in [3.8, 4) is 0 Å². The van der Waals surface area contributed by atoms with Crippen molar-refractivity contribution in [1.29, 1.82) is 0 Å². The van der Waals surface area contributed by atoms with Crippen LogP contribution in [0.5, 0.6) is 0 Å². The zero-order valence-electron chi connectivity index (χ0n) is 26.3. The van der Waals surface area contributed by atoms with Gasteiger partial charge in [0.1, 0.15) is 9.80 Å². The maximum absolute atomic E-state index is 14.1. The van der Waals surface area contributed by atoms with Crippen LogP contribution in [0.15, 0.2) is 97.5 Å². The molecule has 0 atom stereocenters. The maximum atomic E-state index is 14.1. The molecule has 1 heterocycles. The van der Waals surface area contributed by atoms with Crippen molar-refractivity contribution < 1.29 is 56.7 Å². The number of carbonyl (C=O) groups is 1. The van der Waals surface area contributed by atoms with E-state index in [2.05, 4.69) is 36.1 Å². The van der Waals surface area contributed by atoms with Crippen LogP contribution in [0.4, 0.5) is 29.0 Å². The topological polar surface area (TPSA) is 322 Å². The van der Waals surface area contributed by atoms with Crippen molar-refractivity contribution in [2.75, 3.05) is 16.1 Å². The van der Waals surface area contributed by atoms with Gasteiger partial charge in [0.15, 0.2) is 5.71 Å². The van der Waals surface area contributed by atoms with Crippen molar-refractivity contribution in [3.05, 3.63) is 94.1 Å². The van der Waals surface area contributed by atoms with Gasteiger partial charge in [0, 0.05) is 11.1 Å². The molecule has 0 spiro atoms. The number of allylic oxidation sites excluding steroid dienone is 1. The van der Waals surface area contributed by atoms with E-state index >= 15 is 0 Å². The van der Waals surface area contributed by atoms with Crippen LogP contribution >= 0.6 is 11.6 Å². The zero-order valence-corrected chi connectivity index (χ0v) is 30.3. The highest BCUT2D eigenvalue weighted by atomic mass is 35.5. The van der Waals surface area contributed by atoms with Crippen molar-refractivity contribution >= 4 is 109 Å². The number of rotatable bonds is 10. The van der Waals surface area contributed by atoms with E-state index in [4.69, 9.17) is 11.6 Å². The Morgan fingerprint density at radius 3 is 1.89 bits per heavy atom. The summed E-state index contributed by atoms with van der Waals surface area (Å²) in [4.78, 5) is 22.8. The summed E-state index contributed by atoms with van der Waals surface area (Å²) in [5.41, 5.74) is -0.494. The first-order valence-electron chi connectivity index (χ1n) is 14.4. The summed E-state index contributed by atoms with van der Waals surface area (Å²) < 4.78 is 136. The number of nitrogens with one attached hydrogen (secondary N) is 3. The largest absolute Gasteiger partial charge is 0.324 e. The molecule has 0 fully saturated rings. The van der Waals surface area contributed by atoms with E-state index in [0.717, 1.165) is 24.3 Å². The molecule has 0 bridgehead atoms. The minimum Gasteiger partial charge on any atom is -0.324 e. The minimum absolute atomic E-state index is 0.0280. The minimum atomic E-state index is -5.34. The fourth-order valence-electron chi connectivity index (χ4n) is 5.14. The molecule has 0 aliphatic heterocycles. The number of hydrazone groups is 1. The van der Waals surface area contributed by atoms with Crippen molar-refractivity contribution in [1.82, 2.24) is 15.0 Å². The van der Waals surface area contributed by atoms with Crippen molar-refractivity contribution in [2.24, 2.45) is 5.10 Å². The van der Waals surface area contributed by atoms with Crippen molar-refractivity contribution in [3.63, 3.8) is 0 Å². The van der Waals surface area contributed by atoms with Gasteiger partial charge in [0.25, 0.3) is 40.5 Å². The number of hydrogen-bond donors (Lipinski definition) is 7. The third kappa shape index (κ3) is 8.05. The molecule has 0 unspecified atom stereocenters. The Labute approximate surface area is 309 Å². The number of ketones is 1. The number of carbonyl (C=O) groups excluding carboxylic acids is 1. The molecule has 0 saturated carbocycles.